The monoisotopic (exact) mass is 208 g/mol. The lowest BCUT2D eigenvalue weighted by Crippen LogP contribution is -2.03. The predicted molar refractivity (Wildman–Crippen MR) is 60.6 cm³/mol. The van der Waals surface area contributed by atoms with Crippen LogP contribution in [0, 0.1) is 6.92 Å². The third-order valence-corrected chi connectivity index (χ3v) is 3.64. The maximum atomic E-state index is 5.76. The van der Waals surface area contributed by atoms with Gasteiger partial charge in [-0.25, -0.2) is 0 Å². The maximum Gasteiger partial charge on any atom is 0.108 e. The van der Waals surface area contributed by atoms with Crippen LogP contribution in [0.1, 0.15) is 25.3 Å². The summed E-state index contributed by atoms with van der Waals surface area (Å²) in [5.74, 6) is 0. The second kappa shape index (κ2) is 4.37. The molecule has 1 heterocycles. The Morgan fingerprint density at radius 1 is 1.21 bits per heavy atom. The Bertz CT molecular complexity index is 294. The minimum absolute atomic E-state index is 0.368. The summed E-state index contributed by atoms with van der Waals surface area (Å²) < 4.78 is 5.76. The van der Waals surface area contributed by atoms with Crippen molar-refractivity contribution in [3.8, 4) is 0 Å². The van der Waals surface area contributed by atoms with Crippen LogP contribution in [0.3, 0.4) is 0 Å². The number of thioether (sulfide) groups is 1. The molecule has 1 aromatic carbocycles. The van der Waals surface area contributed by atoms with Gasteiger partial charge in [0.2, 0.25) is 0 Å². The number of rotatable bonds is 2. The Morgan fingerprint density at radius 2 is 1.93 bits per heavy atom. The van der Waals surface area contributed by atoms with Gasteiger partial charge in [0.1, 0.15) is 5.44 Å². The first-order valence-electron chi connectivity index (χ1n) is 5.13. The van der Waals surface area contributed by atoms with Gasteiger partial charge in [-0.05, 0) is 38.8 Å². The van der Waals surface area contributed by atoms with Gasteiger partial charge in [-0.1, -0.05) is 29.5 Å². The van der Waals surface area contributed by atoms with Crippen molar-refractivity contribution in [1.29, 1.82) is 0 Å². The Hall–Kier alpha value is -0.470. The van der Waals surface area contributed by atoms with Gasteiger partial charge in [0.25, 0.3) is 0 Å². The van der Waals surface area contributed by atoms with Crippen molar-refractivity contribution in [1.82, 2.24) is 0 Å². The van der Waals surface area contributed by atoms with Crippen LogP contribution in [-0.2, 0) is 4.74 Å². The molecule has 1 fully saturated rings. The van der Waals surface area contributed by atoms with E-state index in [4.69, 9.17) is 4.74 Å². The van der Waals surface area contributed by atoms with Crippen molar-refractivity contribution >= 4 is 11.8 Å². The molecule has 76 valence electrons. The van der Waals surface area contributed by atoms with Gasteiger partial charge in [-0.2, -0.15) is 0 Å². The maximum absolute atomic E-state index is 5.76. The molecule has 0 N–H and O–H groups in total. The van der Waals surface area contributed by atoms with E-state index in [0.717, 1.165) is 0 Å². The first-order valence-corrected chi connectivity index (χ1v) is 6.01. The Morgan fingerprint density at radius 3 is 2.50 bits per heavy atom. The van der Waals surface area contributed by atoms with Gasteiger partial charge < -0.3 is 4.74 Å². The van der Waals surface area contributed by atoms with E-state index in [9.17, 15) is 0 Å². The number of hydrogen-bond acceptors (Lipinski definition) is 2. The Kier molecular flexibility index (Phi) is 3.14. The second-order valence-corrected chi connectivity index (χ2v) is 5.12. The van der Waals surface area contributed by atoms with Crippen molar-refractivity contribution in [3.05, 3.63) is 29.8 Å². The van der Waals surface area contributed by atoms with Gasteiger partial charge in [-0.15, -0.1) is 0 Å². The molecule has 0 saturated carbocycles. The zero-order chi connectivity index (χ0) is 9.97. The summed E-state index contributed by atoms with van der Waals surface area (Å²) in [5, 5.41) is 0. The van der Waals surface area contributed by atoms with Crippen LogP contribution in [0.4, 0.5) is 0 Å². The SMILES string of the molecule is Cc1ccc(SC2CCC(C)O2)cc1. The van der Waals surface area contributed by atoms with Crippen LogP contribution < -0.4 is 0 Å². The van der Waals surface area contributed by atoms with Gasteiger partial charge >= 0.3 is 0 Å². The fourth-order valence-corrected chi connectivity index (χ4v) is 2.72. The van der Waals surface area contributed by atoms with Crippen LogP contribution in [0.5, 0.6) is 0 Å². The van der Waals surface area contributed by atoms with Gasteiger partial charge in [-0.3, -0.25) is 0 Å². The highest BCUT2D eigenvalue weighted by Gasteiger charge is 2.22. The van der Waals surface area contributed by atoms with Crippen molar-refractivity contribution in [2.24, 2.45) is 0 Å². The molecule has 1 nitrogen and oxygen atoms in total. The zero-order valence-electron chi connectivity index (χ0n) is 8.69. The summed E-state index contributed by atoms with van der Waals surface area (Å²) in [4.78, 5) is 1.31. The zero-order valence-corrected chi connectivity index (χ0v) is 9.51. The molecular weight excluding hydrogens is 192 g/mol. The minimum Gasteiger partial charge on any atom is -0.364 e. The minimum atomic E-state index is 0.368. The molecule has 1 aromatic rings. The molecule has 1 saturated heterocycles. The van der Waals surface area contributed by atoms with Crippen LogP contribution in [0.15, 0.2) is 29.2 Å². The highest BCUT2D eigenvalue weighted by Crippen LogP contribution is 2.33. The highest BCUT2D eigenvalue weighted by molar-refractivity contribution is 7.99. The molecule has 2 heteroatoms. The normalized spacial score (nSPS) is 26.7. The standard InChI is InChI=1S/C12H16OS/c1-9-3-6-11(7-4-9)14-12-8-5-10(2)13-12/h3-4,6-7,10,12H,5,8H2,1-2H3. The van der Waals surface area contributed by atoms with Crippen LogP contribution in [0.25, 0.3) is 0 Å². The fraction of sp³-hybridized carbons (Fsp3) is 0.500. The van der Waals surface area contributed by atoms with E-state index in [1.807, 2.05) is 11.8 Å². The lowest BCUT2D eigenvalue weighted by molar-refractivity contribution is 0.106. The van der Waals surface area contributed by atoms with E-state index in [1.165, 1.54) is 23.3 Å². The molecule has 0 aliphatic carbocycles. The van der Waals surface area contributed by atoms with Crippen molar-refractivity contribution in [3.63, 3.8) is 0 Å². The average Bonchev–Trinajstić information content (AvgIpc) is 2.56. The van der Waals surface area contributed by atoms with E-state index in [0.29, 0.717) is 11.5 Å². The Labute approximate surface area is 89.9 Å². The molecule has 0 amide bonds. The fourth-order valence-electron chi connectivity index (χ4n) is 1.62. The molecule has 2 atom stereocenters. The predicted octanol–water partition coefficient (Wildman–Crippen LogP) is 3.61. The summed E-state index contributed by atoms with van der Waals surface area (Å²) in [6, 6.07) is 8.65. The van der Waals surface area contributed by atoms with Crippen molar-refractivity contribution in [2.45, 2.75) is 43.1 Å². The molecule has 0 radical (unpaired) electrons. The van der Waals surface area contributed by atoms with Crippen molar-refractivity contribution < 1.29 is 4.74 Å². The third kappa shape index (κ3) is 2.52. The third-order valence-electron chi connectivity index (χ3n) is 2.48. The number of benzene rings is 1. The molecule has 1 aliphatic heterocycles. The van der Waals surface area contributed by atoms with Crippen molar-refractivity contribution in [2.75, 3.05) is 0 Å². The topological polar surface area (TPSA) is 9.23 Å². The Balaban J connectivity index is 1.94. The summed E-state index contributed by atoms with van der Waals surface area (Å²) in [5.41, 5.74) is 1.68. The largest absolute Gasteiger partial charge is 0.364 e. The van der Waals surface area contributed by atoms with E-state index < -0.39 is 0 Å². The van der Waals surface area contributed by atoms with E-state index in [-0.39, 0.29) is 0 Å². The van der Waals surface area contributed by atoms with Crippen LogP contribution in [0.2, 0.25) is 0 Å². The second-order valence-electron chi connectivity index (χ2n) is 3.88. The smallest absolute Gasteiger partial charge is 0.108 e. The van der Waals surface area contributed by atoms with E-state index in [1.54, 1.807) is 0 Å². The molecular formula is C12H16OS. The summed E-state index contributed by atoms with van der Waals surface area (Å²) >= 11 is 1.84. The molecule has 0 bridgehead atoms. The molecule has 0 aromatic heterocycles. The first kappa shape index (κ1) is 10.1. The molecule has 2 unspecified atom stereocenters. The molecule has 1 aliphatic rings. The molecule has 14 heavy (non-hydrogen) atoms. The first-order chi connectivity index (χ1) is 6.74. The average molecular weight is 208 g/mol. The van der Waals surface area contributed by atoms with Gasteiger partial charge in [0, 0.05) is 4.90 Å². The number of ether oxygens (including phenoxy) is 1. The summed E-state index contributed by atoms with van der Waals surface area (Å²) in [6.45, 7) is 4.26. The molecule has 2 rings (SSSR count). The van der Waals surface area contributed by atoms with E-state index >= 15 is 0 Å². The number of hydrogen-bond donors (Lipinski definition) is 0. The summed E-state index contributed by atoms with van der Waals surface area (Å²) in [6.07, 6.45) is 2.82. The van der Waals surface area contributed by atoms with E-state index in [2.05, 4.69) is 38.1 Å². The van der Waals surface area contributed by atoms with Gasteiger partial charge in [0.05, 0.1) is 6.10 Å². The number of aryl methyl sites for hydroxylation is 1. The van der Waals surface area contributed by atoms with Crippen LogP contribution in [-0.4, -0.2) is 11.5 Å². The lowest BCUT2D eigenvalue weighted by Gasteiger charge is -2.10. The van der Waals surface area contributed by atoms with Gasteiger partial charge in [0.15, 0.2) is 0 Å². The quantitative estimate of drug-likeness (QED) is 0.734. The van der Waals surface area contributed by atoms with Crippen LogP contribution >= 0.6 is 11.8 Å². The molecule has 0 spiro atoms. The summed E-state index contributed by atoms with van der Waals surface area (Å²) in [7, 11) is 0. The lowest BCUT2D eigenvalue weighted by atomic mass is 10.2. The highest BCUT2D eigenvalue weighted by atomic mass is 32.2.